The summed E-state index contributed by atoms with van der Waals surface area (Å²) in [6, 6.07) is 16.4. The molecule has 2 aromatic heterocycles. The number of H-pyrrole nitrogens is 1. The third kappa shape index (κ3) is 2.98. The van der Waals surface area contributed by atoms with E-state index in [-0.39, 0.29) is 17.8 Å². The second-order valence-electron chi connectivity index (χ2n) is 5.61. The number of aromatic nitrogens is 3. The largest absolute Gasteiger partial charge is 0.439 e. The number of rotatable bonds is 4. The number of hydrogen-bond donors (Lipinski definition) is 2. The molecule has 0 saturated carbocycles. The molecule has 7 heteroatoms. The second kappa shape index (κ2) is 6.64. The average Bonchev–Trinajstić information content (AvgIpc) is 3.16. The van der Waals surface area contributed by atoms with Gasteiger partial charge in [0.25, 0.3) is 11.5 Å². The minimum absolute atomic E-state index is 0.112. The Hall–Kier alpha value is -3.74. The number of hydrogen-bond acceptors (Lipinski definition) is 5. The zero-order chi connectivity index (χ0) is 17.9. The predicted octanol–water partition coefficient (Wildman–Crippen LogP) is 2.51. The Bertz CT molecular complexity index is 1130. The van der Waals surface area contributed by atoms with Crippen LogP contribution in [-0.2, 0) is 6.54 Å². The molecule has 0 atom stereocenters. The lowest BCUT2D eigenvalue weighted by atomic mass is 10.1. The van der Waals surface area contributed by atoms with E-state index in [9.17, 15) is 9.59 Å². The quantitative estimate of drug-likeness (QED) is 0.591. The Kier molecular flexibility index (Phi) is 4.03. The minimum atomic E-state index is -0.420. The van der Waals surface area contributed by atoms with Gasteiger partial charge in [-0.3, -0.25) is 9.59 Å². The Labute approximate surface area is 147 Å². The topological polar surface area (TPSA) is 101 Å². The summed E-state index contributed by atoms with van der Waals surface area (Å²) in [6.07, 6.45) is 1.62. The molecular formula is C19H14N4O3. The first-order valence-electron chi connectivity index (χ1n) is 7.98. The maximum Gasteiger partial charge on any atom is 0.272 e. The first kappa shape index (κ1) is 15.8. The van der Waals surface area contributed by atoms with Crippen LogP contribution in [0, 0.1) is 0 Å². The van der Waals surface area contributed by atoms with Crippen LogP contribution in [0.1, 0.15) is 16.4 Å². The molecule has 2 N–H and O–H groups in total. The fourth-order valence-electron chi connectivity index (χ4n) is 2.66. The Morgan fingerprint density at radius 2 is 1.77 bits per heavy atom. The van der Waals surface area contributed by atoms with Crippen molar-refractivity contribution in [2.24, 2.45) is 0 Å². The van der Waals surface area contributed by atoms with Gasteiger partial charge in [-0.15, -0.1) is 0 Å². The SMILES string of the molecule is O=C(NCc1ncc(-c2ccccc2)o1)c1n[nH]c(=O)c2ccccc12. The smallest absolute Gasteiger partial charge is 0.272 e. The van der Waals surface area contributed by atoms with Gasteiger partial charge in [-0.1, -0.05) is 48.5 Å². The third-order valence-corrected chi connectivity index (χ3v) is 3.92. The van der Waals surface area contributed by atoms with Crippen LogP contribution in [0.5, 0.6) is 0 Å². The van der Waals surface area contributed by atoms with E-state index in [1.807, 2.05) is 30.3 Å². The summed E-state index contributed by atoms with van der Waals surface area (Å²) in [4.78, 5) is 28.4. The molecule has 4 aromatic rings. The number of fused-ring (bicyclic) bond motifs is 1. The van der Waals surface area contributed by atoms with Gasteiger partial charge in [0.15, 0.2) is 11.5 Å². The molecular weight excluding hydrogens is 332 g/mol. The lowest BCUT2D eigenvalue weighted by Gasteiger charge is -2.05. The number of aromatic amines is 1. The van der Waals surface area contributed by atoms with Gasteiger partial charge in [-0.25, -0.2) is 10.1 Å². The number of oxazole rings is 1. The molecule has 0 aliphatic rings. The number of carbonyl (C=O) groups excluding carboxylic acids is 1. The summed E-state index contributed by atoms with van der Waals surface area (Å²) in [5, 5.41) is 9.83. The lowest BCUT2D eigenvalue weighted by molar-refractivity contribution is 0.0943. The molecule has 128 valence electrons. The highest BCUT2D eigenvalue weighted by Gasteiger charge is 2.15. The Balaban J connectivity index is 1.53. The normalized spacial score (nSPS) is 10.8. The van der Waals surface area contributed by atoms with Gasteiger partial charge in [0.1, 0.15) is 0 Å². The van der Waals surface area contributed by atoms with Crippen LogP contribution in [-0.4, -0.2) is 21.1 Å². The van der Waals surface area contributed by atoms with E-state index in [4.69, 9.17) is 4.42 Å². The van der Waals surface area contributed by atoms with E-state index in [0.29, 0.717) is 22.4 Å². The van der Waals surface area contributed by atoms with Crippen LogP contribution >= 0.6 is 0 Å². The monoisotopic (exact) mass is 346 g/mol. The van der Waals surface area contributed by atoms with Gasteiger partial charge in [0, 0.05) is 10.9 Å². The predicted molar refractivity (Wildman–Crippen MR) is 95.5 cm³/mol. The maximum atomic E-state index is 12.5. The van der Waals surface area contributed by atoms with E-state index in [1.54, 1.807) is 30.5 Å². The highest BCUT2D eigenvalue weighted by Crippen LogP contribution is 2.19. The van der Waals surface area contributed by atoms with Crippen molar-refractivity contribution in [1.29, 1.82) is 0 Å². The minimum Gasteiger partial charge on any atom is -0.439 e. The molecule has 0 saturated heterocycles. The lowest BCUT2D eigenvalue weighted by Crippen LogP contribution is -2.26. The first-order valence-corrected chi connectivity index (χ1v) is 7.98. The average molecular weight is 346 g/mol. The zero-order valence-electron chi connectivity index (χ0n) is 13.6. The summed E-state index contributed by atoms with van der Waals surface area (Å²) >= 11 is 0. The van der Waals surface area contributed by atoms with Crippen LogP contribution in [0.4, 0.5) is 0 Å². The van der Waals surface area contributed by atoms with E-state index in [2.05, 4.69) is 20.5 Å². The molecule has 2 aromatic carbocycles. The molecule has 0 unspecified atom stereocenters. The molecule has 1 amide bonds. The van der Waals surface area contributed by atoms with Crippen LogP contribution in [0.15, 0.2) is 70.0 Å². The van der Waals surface area contributed by atoms with Crippen LogP contribution in [0.2, 0.25) is 0 Å². The van der Waals surface area contributed by atoms with E-state index in [1.165, 1.54) is 0 Å². The molecule has 0 aliphatic heterocycles. The summed E-state index contributed by atoms with van der Waals surface area (Å²) in [5.74, 6) is 0.588. The van der Waals surface area contributed by atoms with Crippen molar-refractivity contribution >= 4 is 16.7 Å². The highest BCUT2D eigenvalue weighted by atomic mass is 16.4. The number of nitrogens with one attached hydrogen (secondary N) is 2. The summed E-state index contributed by atoms with van der Waals surface area (Å²) in [5.41, 5.74) is 0.721. The number of carbonyl (C=O) groups is 1. The zero-order valence-corrected chi connectivity index (χ0v) is 13.6. The molecule has 2 heterocycles. The van der Waals surface area contributed by atoms with Crippen LogP contribution in [0.3, 0.4) is 0 Å². The number of nitrogens with zero attached hydrogens (tertiary/aromatic N) is 2. The Morgan fingerprint density at radius 1 is 1.04 bits per heavy atom. The van der Waals surface area contributed by atoms with Crippen LogP contribution in [0.25, 0.3) is 22.1 Å². The van der Waals surface area contributed by atoms with Crippen molar-refractivity contribution in [2.45, 2.75) is 6.54 Å². The molecule has 4 rings (SSSR count). The van der Waals surface area contributed by atoms with Gasteiger partial charge >= 0.3 is 0 Å². The Morgan fingerprint density at radius 3 is 2.58 bits per heavy atom. The fraction of sp³-hybridized carbons (Fsp3) is 0.0526. The van der Waals surface area contributed by atoms with Gasteiger partial charge in [0.2, 0.25) is 5.89 Å². The standard InChI is InChI=1S/C19H14N4O3/c24-18-14-9-5-4-8-13(14)17(22-23-18)19(25)21-11-16-20-10-15(26-16)12-6-2-1-3-7-12/h1-10H,11H2,(H,21,25)(H,23,24). The molecule has 0 radical (unpaired) electrons. The summed E-state index contributed by atoms with van der Waals surface area (Å²) < 4.78 is 5.66. The maximum absolute atomic E-state index is 12.5. The molecule has 0 aliphatic carbocycles. The van der Waals surface area contributed by atoms with Gasteiger partial charge in [-0.05, 0) is 6.07 Å². The summed E-state index contributed by atoms with van der Waals surface area (Å²) in [7, 11) is 0. The first-order chi connectivity index (χ1) is 12.7. The van der Waals surface area contributed by atoms with Crippen molar-refractivity contribution in [3.05, 3.63) is 82.7 Å². The van der Waals surface area contributed by atoms with E-state index in [0.717, 1.165) is 5.56 Å². The van der Waals surface area contributed by atoms with Crippen LogP contribution < -0.4 is 10.9 Å². The van der Waals surface area contributed by atoms with Gasteiger partial charge in [-0.2, -0.15) is 5.10 Å². The van der Waals surface area contributed by atoms with Crippen molar-refractivity contribution in [3.63, 3.8) is 0 Å². The summed E-state index contributed by atoms with van der Waals surface area (Å²) in [6.45, 7) is 0.112. The number of benzene rings is 2. The van der Waals surface area contributed by atoms with E-state index >= 15 is 0 Å². The number of amides is 1. The van der Waals surface area contributed by atoms with Gasteiger partial charge in [0.05, 0.1) is 18.1 Å². The highest BCUT2D eigenvalue weighted by molar-refractivity contribution is 6.04. The van der Waals surface area contributed by atoms with Crippen molar-refractivity contribution in [1.82, 2.24) is 20.5 Å². The van der Waals surface area contributed by atoms with Gasteiger partial charge < -0.3 is 9.73 Å². The van der Waals surface area contributed by atoms with Crippen molar-refractivity contribution in [2.75, 3.05) is 0 Å². The van der Waals surface area contributed by atoms with Crippen molar-refractivity contribution in [3.8, 4) is 11.3 Å². The third-order valence-electron chi connectivity index (χ3n) is 3.92. The molecule has 0 spiro atoms. The molecule has 26 heavy (non-hydrogen) atoms. The molecule has 7 nitrogen and oxygen atoms in total. The fourth-order valence-corrected chi connectivity index (χ4v) is 2.66. The molecule has 0 bridgehead atoms. The van der Waals surface area contributed by atoms with E-state index < -0.39 is 5.91 Å². The molecule has 0 fully saturated rings. The second-order valence-corrected chi connectivity index (χ2v) is 5.61. The van der Waals surface area contributed by atoms with Crippen molar-refractivity contribution < 1.29 is 9.21 Å².